The van der Waals surface area contributed by atoms with Crippen LogP contribution in [0, 0.1) is 10.1 Å². The zero-order valence-corrected chi connectivity index (χ0v) is 12.8. The summed E-state index contributed by atoms with van der Waals surface area (Å²) in [5.74, 6) is 0.472. The highest BCUT2D eigenvalue weighted by atomic mass is 35.5. The van der Waals surface area contributed by atoms with E-state index in [-0.39, 0.29) is 16.5 Å². The maximum atomic E-state index is 11.3. The number of rotatable bonds is 4. The summed E-state index contributed by atoms with van der Waals surface area (Å²) in [5.41, 5.74) is 5.72. The molecular weight excluding hydrogens is 326 g/mol. The fourth-order valence-corrected chi connectivity index (χ4v) is 2.81. The van der Waals surface area contributed by atoms with Crippen LogP contribution < -0.4 is 10.6 Å². The van der Waals surface area contributed by atoms with Gasteiger partial charge in [0.1, 0.15) is 5.69 Å². The second kappa shape index (κ2) is 6.34. The second-order valence-corrected chi connectivity index (χ2v) is 5.46. The van der Waals surface area contributed by atoms with Crippen molar-refractivity contribution in [2.75, 3.05) is 36.8 Å². The molecule has 0 amide bonds. The van der Waals surface area contributed by atoms with Crippen LogP contribution in [0.15, 0.2) is 17.1 Å². The van der Waals surface area contributed by atoms with E-state index in [4.69, 9.17) is 21.9 Å². The third kappa shape index (κ3) is 3.17. The van der Waals surface area contributed by atoms with Gasteiger partial charge in [0.15, 0.2) is 5.82 Å². The van der Waals surface area contributed by atoms with E-state index in [0.717, 1.165) is 0 Å². The van der Waals surface area contributed by atoms with Gasteiger partial charge in [-0.3, -0.25) is 15.0 Å². The molecule has 11 heteroatoms. The molecule has 2 aromatic heterocycles. The first kappa shape index (κ1) is 15.4. The van der Waals surface area contributed by atoms with E-state index < -0.39 is 4.92 Å². The van der Waals surface area contributed by atoms with Crippen LogP contribution in [0.1, 0.15) is 5.82 Å². The Balaban J connectivity index is 1.75. The molecule has 1 aliphatic rings. The van der Waals surface area contributed by atoms with Crippen molar-refractivity contribution in [3.63, 3.8) is 0 Å². The number of nitro groups is 1. The first-order valence-electron chi connectivity index (χ1n) is 6.87. The minimum absolute atomic E-state index is 0.136. The lowest BCUT2D eigenvalue weighted by Gasteiger charge is -2.35. The number of halogens is 1. The van der Waals surface area contributed by atoms with Crippen LogP contribution in [-0.2, 0) is 6.54 Å². The number of nitrogens with two attached hydrogens (primary N) is 1. The van der Waals surface area contributed by atoms with Gasteiger partial charge in [-0.15, -0.1) is 0 Å². The zero-order chi connectivity index (χ0) is 16.4. The molecule has 23 heavy (non-hydrogen) atoms. The van der Waals surface area contributed by atoms with Crippen LogP contribution in [-0.4, -0.2) is 51.1 Å². The molecule has 1 aliphatic heterocycles. The number of hydrogen-bond acceptors (Lipinski definition) is 9. The highest BCUT2D eigenvalue weighted by Gasteiger charge is 2.29. The van der Waals surface area contributed by atoms with Crippen LogP contribution >= 0.6 is 11.6 Å². The SMILES string of the molecule is Nc1ncc(Cl)c(N2CCN(Cc3ncon3)CC2)c1[N+](=O)[O-]. The Labute approximate surface area is 136 Å². The molecule has 1 fully saturated rings. The lowest BCUT2D eigenvalue weighted by Crippen LogP contribution is -2.46. The summed E-state index contributed by atoms with van der Waals surface area (Å²) in [7, 11) is 0. The summed E-state index contributed by atoms with van der Waals surface area (Å²) in [5, 5.41) is 15.3. The highest BCUT2D eigenvalue weighted by Crippen LogP contribution is 2.38. The molecule has 0 bridgehead atoms. The van der Waals surface area contributed by atoms with Gasteiger partial charge in [0, 0.05) is 26.2 Å². The molecule has 0 saturated carbocycles. The van der Waals surface area contributed by atoms with E-state index in [1.807, 2.05) is 4.90 Å². The topological polar surface area (TPSA) is 127 Å². The van der Waals surface area contributed by atoms with Crippen molar-refractivity contribution in [1.29, 1.82) is 0 Å². The number of aromatic nitrogens is 3. The zero-order valence-electron chi connectivity index (χ0n) is 12.1. The van der Waals surface area contributed by atoms with E-state index in [2.05, 4.69) is 20.0 Å². The maximum Gasteiger partial charge on any atom is 0.335 e. The fraction of sp³-hybridized carbons (Fsp3) is 0.417. The first-order valence-corrected chi connectivity index (χ1v) is 7.25. The van der Waals surface area contributed by atoms with E-state index in [0.29, 0.717) is 44.2 Å². The van der Waals surface area contributed by atoms with Crippen molar-refractivity contribution in [2.24, 2.45) is 0 Å². The molecular formula is C12H14ClN7O3. The van der Waals surface area contributed by atoms with Gasteiger partial charge in [0.2, 0.25) is 12.2 Å². The summed E-state index contributed by atoms with van der Waals surface area (Å²) in [6.45, 7) is 3.08. The molecule has 0 spiro atoms. The van der Waals surface area contributed by atoms with Crippen molar-refractivity contribution >= 4 is 28.8 Å². The van der Waals surface area contributed by atoms with Gasteiger partial charge in [0.05, 0.1) is 22.7 Å². The van der Waals surface area contributed by atoms with Crippen LogP contribution in [0.2, 0.25) is 5.02 Å². The van der Waals surface area contributed by atoms with Gasteiger partial charge >= 0.3 is 5.69 Å². The van der Waals surface area contributed by atoms with Gasteiger partial charge < -0.3 is 15.2 Å². The second-order valence-electron chi connectivity index (χ2n) is 5.06. The predicted molar refractivity (Wildman–Crippen MR) is 82.1 cm³/mol. The van der Waals surface area contributed by atoms with Gasteiger partial charge in [-0.05, 0) is 0 Å². The molecule has 3 heterocycles. The quantitative estimate of drug-likeness (QED) is 0.638. The number of piperazine rings is 1. The van der Waals surface area contributed by atoms with Crippen LogP contribution in [0.3, 0.4) is 0 Å². The van der Waals surface area contributed by atoms with Crippen molar-refractivity contribution in [3.05, 3.63) is 33.6 Å². The average Bonchev–Trinajstić information content (AvgIpc) is 3.03. The molecule has 0 unspecified atom stereocenters. The Bertz CT molecular complexity index is 701. The largest absolute Gasteiger partial charge is 0.378 e. The molecule has 10 nitrogen and oxygen atoms in total. The fourth-order valence-electron chi connectivity index (χ4n) is 2.56. The lowest BCUT2D eigenvalue weighted by molar-refractivity contribution is -0.383. The molecule has 1 saturated heterocycles. The molecule has 3 rings (SSSR count). The van der Waals surface area contributed by atoms with E-state index >= 15 is 0 Å². The number of pyridine rings is 1. The molecule has 2 aromatic rings. The normalized spacial score (nSPS) is 15.8. The van der Waals surface area contributed by atoms with Gasteiger partial charge in [-0.25, -0.2) is 4.98 Å². The van der Waals surface area contributed by atoms with Crippen LogP contribution in [0.25, 0.3) is 0 Å². The number of nitrogen functional groups attached to an aromatic ring is 1. The molecule has 0 atom stereocenters. The molecule has 0 radical (unpaired) electrons. The Kier molecular flexibility index (Phi) is 4.26. The van der Waals surface area contributed by atoms with Crippen LogP contribution in [0.5, 0.6) is 0 Å². The van der Waals surface area contributed by atoms with Crippen molar-refractivity contribution < 1.29 is 9.45 Å². The molecule has 0 aliphatic carbocycles. The van der Waals surface area contributed by atoms with Crippen molar-refractivity contribution in [3.8, 4) is 0 Å². The summed E-state index contributed by atoms with van der Waals surface area (Å²) >= 11 is 6.12. The summed E-state index contributed by atoms with van der Waals surface area (Å²) in [4.78, 5) is 22.5. The summed E-state index contributed by atoms with van der Waals surface area (Å²) in [6, 6.07) is 0. The minimum atomic E-state index is -0.546. The summed E-state index contributed by atoms with van der Waals surface area (Å²) < 4.78 is 4.71. The number of hydrogen-bond donors (Lipinski definition) is 1. The first-order chi connectivity index (χ1) is 11.1. The molecule has 2 N–H and O–H groups in total. The van der Waals surface area contributed by atoms with Crippen molar-refractivity contribution in [2.45, 2.75) is 6.54 Å². The van der Waals surface area contributed by atoms with E-state index in [1.54, 1.807) is 0 Å². The van der Waals surface area contributed by atoms with Gasteiger partial charge in [0.25, 0.3) is 0 Å². The molecule has 122 valence electrons. The average molecular weight is 340 g/mol. The third-order valence-electron chi connectivity index (χ3n) is 3.65. The smallest absolute Gasteiger partial charge is 0.335 e. The maximum absolute atomic E-state index is 11.3. The highest BCUT2D eigenvalue weighted by molar-refractivity contribution is 6.33. The van der Waals surface area contributed by atoms with Gasteiger partial charge in [-0.2, -0.15) is 4.98 Å². The lowest BCUT2D eigenvalue weighted by atomic mass is 10.2. The molecule has 0 aromatic carbocycles. The van der Waals surface area contributed by atoms with E-state index in [1.165, 1.54) is 12.6 Å². The summed E-state index contributed by atoms with van der Waals surface area (Å²) in [6.07, 6.45) is 2.62. The predicted octanol–water partition coefficient (Wildman–Crippen LogP) is 0.931. The number of nitrogens with zero attached hydrogens (tertiary/aromatic N) is 6. The standard InChI is InChI=1S/C12H14ClN7O3/c13-8-5-15-12(14)11(20(21)22)10(8)19-3-1-18(2-4-19)6-9-16-7-23-17-9/h5,7H,1-4,6H2,(H2,14,15). The Morgan fingerprint density at radius 1 is 1.35 bits per heavy atom. The number of anilines is 2. The third-order valence-corrected chi connectivity index (χ3v) is 3.93. The van der Waals surface area contributed by atoms with E-state index in [9.17, 15) is 10.1 Å². The van der Waals surface area contributed by atoms with Crippen molar-refractivity contribution in [1.82, 2.24) is 20.0 Å². The van der Waals surface area contributed by atoms with Gasteiger partial charge in [-0.1, -0.05) is 16.8 Å². The Hall–Kier alpha value is -2.46. The Morgan fingerprint density at radius 2 is 2.09 bits per heavy atom. The van der Waals surface area contributed by atoms with Crippen LogP contribution in [0.4, 0.5) is 17.2 Å². The monoisotopic (exact) mass is 339 g/mol. The Morgan fingerprint density at radius 3 is 2.70 bits per heavy atom. The minimum Gasteiger partial charge on any atom is -0.378 e.